The van der Waals surface area contributed by atoms with Gasteiger partial charge in [0.25, 0.3) is 0 Å². The van der Waals surface area contributed by atoms with Crippen LogP contribution in [-0.2, 0) is 6.42 Å². The standard InChI is InChI=1S/C21H28N6/c1-4-22-21(24-17(3)16(2)18-10-6-5-7-11-18)23-14-13-20-26-25-19-12-8-9-15-27(19)20/h5-12,15-17H,4,13-14H2,1-3H3,(H2,22,23,24). The fourth-order valence-electron chi connectivity index (χ4n) is 3.04. The highest BCUT2D eigenvalue weighted by Gasteiger charge is 2.15. The van der Waals surface area contributed by atoms with Crippen LogP contribution in [0.2, 0.25) is 0 Å². The predicted molar refractivity (Wildman–Crippen MR) is 110 cm³/mol. The van der Waals surface area contributed by atoms with Crippen molar-refractivity contribution in [1.29, 1.82) is 0 Å². The Bertz CT molecular complexity index is 871. The van der Waals surface area contributed by atoms with Crippen LogP contribution in [0.1, 0.15) is 38.1 Å². The molecule has 0 saturated carbocycles. The maximum atomic E-state index is 4.72. The van der Waals surface area contributed by atoms with Crippen LogP contribution < -0.4 is 10.6 Å². The van der Waals surface area contributed by atoms with Gasteiger partial charge in [-0.3, -0.25) is 9.39 Å². The molecule has 6 nitrogen and oxygen atoms in total. The van der Waals surface area contributed by atoms with Crippen molar-refractivity contribution in [2.75, 3.05) is 13.1 Å². The third-order valence-electron chi connectivity index (χ3n) is 4.77. The number of aliphatic imine (C=N–C) groups is 1. The largest absolute Gasteiger partial charge is 0.357 e. The SMILES string of the molecule is CCNC(=NCCc1nnc2ccccn12)NC(C)C(C)c1ccccc1. The average molecular weight is 364 g/mol. The quantitative estimate of drug-likeness (QED) is 0.500. The highest BCUT2D eigenvalue weighted by atomic mass is 15.2. The second kappa shape index (κ2) is 9.16. The van der Waals surface area contributed by atoms with Gasteiger partial charge in [0.15, 0.2) is 11.6 Å². The summed E-state index contributed by atoms with van der Waals surface area (Å²) in [5.74, 6) is 2.15. The van der Waals surface area contributed by atoms with Crippen LogP contribution in [0.15, 0.2) is 59.7 Å². The van der Waals surface area contributed by atoms with E-state index in [-0.39, 0.29) is 6.04 Å². The van der Waals surface area contributed by atoms with Gasteiger partial charge in [0, 0.05) is 37.7 Å². The van der Waals surface area contributed by atoms with Gasteiger partial charge in [-0.25, -0.2) is 0 Å². The van der Waals surface area contributed by atoms with Gasteiger partial charge in [-0.2, -0.15) is 0 Å². The topological polar surface area (TPSA) is 66.6 Å². The number of pyridine rings is 1. The van der Waals surface area contributed by atoms with Gasteiger partial charge in [0.05, 0.1) is 0 Å². The van der Waals surface area contributed by atoms with E-state index in [0.29, 0.717) is 12.5 Å². The summed E-state index contributed by atoms with van der Waals surface area (Å²) >= 11 is 0. The molecule has 3 aromatic rings. The van der Waals surface area contributed by atoms with Gasteiger partial charge in [0.2, 0.25) is 0 Å². The summed E-state index contributed by atoms with van der Waals surface area (Å²) in [5, 5.41) is 15.3. The maximum Gasteiger partial charge on any atom is 0.191 e. The molecule has 0 fully saturated rings. The summed E-state index contributed by atoms with van der Waals surface area (Å²) < 4.78 is 2.01. The fraction of sp³-hybridized carbons (Fsp3) is 0.381. The number of nitrogens with zero attached hydrogens (tertiary/aromatic N) is 4. The summed E-state index contributed by atoms with van der Waals surface area (Å²) in [5.41, 5.74) is 2.19. The van der Waals surface area contributed by atoms with E-state index in [1.165, 1.54) is 5.56 Å². The molecule has 0 aliphatic heterocycles. The molecular formula is C21H28N6. The van der Waals surface area contributed by atoms with Crippen LogP contribution >= 0.6 is 0 Å². The fourth-order valence-corrected chi connectivity index (χ4v) is 3.04. The van der Waals surface area contributed by atoms with Crippen molar-refractivity contribution in [3.8, 4) is 0 Å². The number of nitrogens with one attached hydrogen (secondary N) is 2. The number of hydrogen-bond donors (Lipinski definition) is 2. The Kier molecular flexibility index (Phi) is 6.41. The lowest BCUT2D eigenvalue weighted by molar-refractivity contribution is 0.550. The Labute approximate surface area is 160 Å². The Balaban J connectivity index is 1.62. The van der Waals surface area contributed by atoms with Crippen LogP contribution in [0, 0.1) is 0 Å². The molecule has 0 bridgehead atoms. The lowest BCUT2D eigenvalue weighted by atomic mass is 9.94. The van der Waals surface area contributed by atoms with Gasteiger partial charge in [-0.05, 0) is 31.5 Å². The van der Waals surface area contributed by atoms with E-state index in [9.17, 15) is 0 Å². The third kappa shape index (κ3) is 4.84. The Morgan fingerprint density at radius 1 is 1.07 bits per heavy atom. The molecule has 0 radical (unpaired) electrons. The van der Waals surface area contributed by atoms with Gasteiger partial charge in [-0.1, -0.05) is 43.3 Å². The number of fused-ring (bicyclic) bond motifs is 1. The summed E-state index contributed by atoms with van der Waals surface area (Å²) in [6.07, 6.45) is 2.73. The summed E-state index contributed by atoms with van der Waals surface area (Å²) in [6.45, 7) is 7.98. The van der Waals surface area contributed by atoms with Crippen molar-refractivity contribution >= 4 is 11.6 Å². The molecule has 0 amide bonds. The molecule has 2 heterocycles. The van der Waals surface area contributed by atoms with Gasteiger partial charge < -0.3 is 10.6 Å². The predicted octanol–water partition coefficient (Wildman–Crippen LogP) is 3.02. The zero-order valence-electron chi connectivity index (χ0n) is 16.3. The molecule has 2 aromatic heterocycles. The Morgan fingerprint density at radius 3 is 2.63 bits per heavy atom. The monoisotopic (exact) mass is 364 g/mol. The molecule has 27 heavy (non-hydrogen) atoms. The van der Waals surface area contributed by atoms with E-state index in [4.69, 9.17) is 4.99 Å². The number of rotatable bonds is 7. The Hall–Kier alpha value is -2.89. The van der Waals surface area contributed by atoms with Crippen molar-refractivity contribution in [2.24, 2.45) is 4.99 Å². The van der Waals surface area contributed by atoms with E-state index in [1.807, 2.05) is 34.9 Å². The van der Waals surface area contributed by atoms with E-state index >= 15 is 0 Å². The number of guanidine groups is 1. The second-order valence-corrected chi connectivity index (χ2v) is 6.69. The molecule has 0 aliphatic carbocycles. The van der Waals surface area contributed by atoms with E-state index in [1.54, 1.807) is 0 Å². The van der Waals surface area contributed by atoms with E-state index in [2.05, 4.69) is 65.9 Å². The van der Waals surface area contributed by atoms with Crippen molar-refractivity contribution in [1.82, 2.24) is 25.2 Å². The van der Waals surface area contributed by atoms with Gasteiger partial charge in [-0.15, -0.1) is 10.2 Å². The molecule has 0 saturated heterocycles. The van der Waals surface area contributed by atoms with Crippen molar-refractivity contribution in [2.45, 2.75) is 39.2 Å². The zero-order chi connectivity index (χ0) is 19.1. The molecule has 3 rings (SSSR count). The minimum absolute atomic E-state index is 0.263. The minimum atomic E-state index is 0.263. The van der Waals surface area contributed by atoms with Crippen LogP contribution in [0.25, 0.3) is 5.65 Å². The highest BCUT2D eigenvalue weighted by Crippen LogP contribution is 2.18. The average Bonchev–Trinajstić information content (AvgIpc) is 3.11. The Morgan fingerprint density at radius 2 is 1.85 bits per heavy atom. The first-order valence-corrected chi connectivity index (χ1v) is 9.57. The minimum Gasteiger partial charge on any atom is -0.357 e. The summed E-state index contributed by atoms with van der Waals surface area (Å²) in [4.78, 5) is 4.72. The molecule has 2 N–H and O–H groups in total. The molecule has 2 unspecified atom stereocenters. The van der Waals surface area contributed by atoms with Crippen molar-refractivity contribution in [3.05, 3.63) is 66.1 Å². The van der Waals surface area contributed by atoms with Crippen LogP contribution in [-0.4, -0.2) is 39.7 Å². The first-order chi connectivity index (χ1) is 13.2. The number of aromatic nitrogens is 3. The molecule has 6 heteroatoms. The normalized spacial score (nSPS) is 14.1. The molecule has 0 spiro atoms. The molecule has 0 aliphatic rings. The first kappa shape index (κ1) is 18.9. The zero-order valence-corrected chi connectivity index (χ0v) is 16.3. The molecule has 2 atom stereocenters. The lowest BCUT2D eigenvalue weighted by Gasteiger charge is -2.24. The molecule has 142 valence electrons. The molecular weight excluding hydrogens is 336 g/mol. The highest BCUT2D eigenvalue weighted by molar-refractivity contribution is 5.80. The maximum absolute atomic E-state index is 4.72. The van der Waals surface area contributed by atoms with Crippen molar-refractivity contribution < 1.29 is 0 Å². The smallest absolute Gasteiger partial charge is 0.191 e. The van der Waals surface area contributed by atoms with E-state index < -0.39 is 0 Å². The van der Waals surface area contributed by atoms with E-state index in [0.717, 1.165) is 30.4 Å². The lowest BCUT2D eigenvalue weighted by Crippen LogP contribution is -2.44. The summed E-state index contributed by atoms with van der Waals surface area (Å²) in [7, 11) is 0. The number of benzene rings is 1. The van der Waals surface area contributed by atoms with Crippen LogP contribution in [0.3, 0.4) is 0 Å². The summed E-state index contributed by atoms with van der Waals surface area (Å²) in [6, 6.07) is 16.7. The van der Waals surface area contributed by atoms with Gasteiger partial charge >= 0.3 is 0 Å². The van der Waals surface area contributed by atoms with Crippen LogP contribution in [0.5, 0.6) is 0 Å². The van der Waals surface area contributed by atoms with Gasteiger partial charge in [0.1, 0.15) is 5.82 Å². The number of hydrogen-bond acceptors (Lipinski definition) is 3. The first-order valence-electron chi connectivity index (χ1n) is 9.57. The van der Waals surface area contributed by atoms with Crippen molar-refractivity contribution in [3.63, 3.8) is 0 Å². The molecule has 1 aromatic carbocycles. The van der Waals surface area contributed by atoms with Crippen LogP contribution in [0.4, 0.5) is 0 Å². The third-order valence-corrected chi connectivity index (χ3v) is 4.77. The second-order valence-electron chi connectivity index (χ2n) is 6.69.